The number of carbonyl (C=O) groups is 1. The van der Waals surface area contributed by atoms with Gasteiger partial charge < -0.3 is 0 Å². The Morgan fingerprint density at radius 2 is 1.63 bits per heavy atom. The molecule has 0 heterocycles. The van der Waals surface area contributed by atoms with E-state index < -0.39 is 11.6 Å². The fourth-order valence-corrected chi connectivity index (χ4v) is 2.54. The van der Waals surface area contributed by atoms with Crippen LogP contribution in [0.3, 0.4) is 0 Å². The fraction of sp³-hybridized carbons (Fsp3) is 0.0714. The average Bonchev–Trinajstić information content (AvgIpc) is 2.36. The van der Waals surface area contributed by atoms with E-state index in [2.05, 4.69) is 15.9 Å². The first-order chi connectivity index (χ1) is 9.04. The molecule has 5 heteroatoms. The van der Waals surface area contributed by atoms with Gasteiger partial charge in [0.1, 0.15) is 11.6 Å². The minimum Gasteiger partial charge on any atom is -0.293 e. The van der Waals surface area contributed by atoms with Crippen molar-refractivity contribution in [1.29, 1.82) is 0 Å². The smallest absolute Gasteiger partial charge is 0.173 e. The van der Waals surface area contributed by atoms with Crippen LogP contribution in [0.25, 0.3) is 0 Å². The molecule has 2 aromatic carbocycles. The second-order valence-corrected chi connectivity index (χ2v) is 5.79. The summed E-state index contributed by atoms with van der Waals surface area (Å²) in [5, 5.41) is 0. The third-order valence-corrected chi connectivity index (χ3v) is 3.91. The van der Waals surface area contributed by atoms with Crippen LogP contribution in [0.15, 0.2) is 51.8 Å². The number of benzene rings is 2. The zero-order valence-electron chi connectivity index (χ0n) is 9.70. The molecular weight excluding hydrogens is 334 g/mol. The summed E-state index contributed by atoms with van der Waals surface area (Å²) < 4.78 is 26.9. The normalized spacial score (nSPS) is 10.5. The summed E-state index contributed by atoms with van der Waals surface area (Å²) in [6, 6.07) is 10.3. The van der Waals surface area contributed by atoms with Crippen LogP contribution in [-0.2, 0) is 0 Å². The second-order valence-electron chi connectivity index (χ2n) is 3.82. The molecule has 0 aliphatic heterocycles. The van der Waals surface area contributed by atoms with Crippen molar-refractivity contribution in [2.75, 3.05) is 5.75 Å². The van der Waals surface area contributed by atoms with E-state index in [-0.39, 0.29) is 17.1 Å². The maximum absolute atomic E-state index is 13.0. The number of Topliss-reactive ketones (excluding diaryl/α,β-unsaturated/α-hetero) is 1. The molecule has 0 aliphatic rings. The molecule has 0 amide bonds. The van der Waals surface area contributed by atoms with Crippen LogP contribution in [0.1, 0.15) is 10.4 Å². The molecule has 0 atom stereocenters. The van der Waals surface area contributed by atoms with Gasteiger partial charge in [-0.3, -0.25) is 4.79 Å². The van der Waals surface area contributed by atoms with Gasteiger partial charge in [-0.1, -0.05) is 15.9 Å². The zero-order valence-corrected chi connectivity index (χ0v) is 12.1. The molecule has 0 saturated heterocycles. The van der Waals surface area contributed by atoms with Gasteiger partial charge in [-0.2, -0.15) is 0 Å². The molecule has 1 nitrogen and oxygen atoms in total. The van der Waals surface area contributed by atoms with Gasteiger partial charge in [-0.25, -0.2) is 8.78 Å². The summed E-state index contributed by atoms with van der Waals surface area (Å²) in [6.07, 6.45) is 0. The van der Waals surface area contributed by atoms with Crippen molar-refractivity contribution in [2.24, 2.45) is 0 Å². The minimum absolute atomic E-state index is 0.0575. The lowest BCUT2D eigenvalue weighted by Gasteiger charge is -2.03. The topological polar surface area (TPSA) is 17.1 Å². The molecule has 0 bridgehead atoms. The predicted molar refractivity (Wildman–Crippen MR) is 75.6 cm³/mol. The molecule has 0 aliphatic carbocycles. The Morgan fingerprint density at radius 3 is 2.21 bits per heavy atom. The number of thioether (sulfide) groups is 1. The van der Waals surface area contributed by atoms with Crippen LogP contribution >= 0.6 is 27.7 Å². The van der Waals surface area contributed by atoms with Crippen LogP contribution in [0.5, 0.6) is 0 Å². The first kappa shape index (κ1) is 14.2. The van der Waals surface area contributed by atoms with Crippen LogP contribution in [0, 0.1) is 11.6 Å². The van der Waals surface area contributed by atoms with Gasteiger partial charge in [0.15, 0.2) is 5.78 Å². The largest absolute Gasteiger partial charge is 0.293 e. The van der Waals surface area contributed by atoms with E-state index in [0.29, 0.717) is 0 Å². The summed E-state index contributed by atoms with van der Waals surface area (Å²) >= 11 is 4.65. The average molecular weight is 343 g/mol. The highest BCUT2D eigenvalue weighted by atomic mass is 79.9. The van der Waals surface area contributed by atoms with Crippen molar-refractivity contribution >= 4 is 33.5 Å². The third kappa shape index (κ3) is 4.14. The van der Waals surface area contributed by atoms with E-state index in [9.17, 15) is 13.6 Å². The summed E-state index contributed by atoms with van der Waals surface area (Å²) in [4.78, 5) is 12.8. The molecule has 2 rings (SSSR count). The van der Waals surface area contributed by atoms with E-state index in [0.717, 1.165) is 27.6 Å². The highest BCUT2D eigenvalue weighted by molar-refractivity contribution is 9.10. The second kappa shape index (κ2) is 6.30. The van der Waals surface area contributed by atoms with E-state index in [4.69, 9.17) is 0 Å². The quantitative estimate of drug-likeness (QED) is 0.591. The van der Waals surface area contributed by atoms with E-state index in [1.54, 1.807) is 0 Å². The Hall–Kier alpha value is -1.20. The molecule has 19 heavy (non-hydrogen) atoms. The van der Waals surface area contributed by atoms with Gasteiger partial charge in [0.05, 0.1) is 5.75 Å². The summed E-state index contributed by atoms with van der Waals surface area (Å²) in [7, 11) is 0. The van der Waals surface area contributed by atoms with Crippen molar-refractivity contribution in [1.82, 2.24) is 0 Å². The lowest BCUT2D eigenvalue weighted by atomic mass is 10.1. The first-order valence-electron chi connectivity index (χ1n) is 5.42. The minimum atomic E-state index is -0.739. The number of rotatable bonds is 4. The fourth-order valence-electron chi connectivity index (χ4n) is 1.48. The number of hydrogen-bond acceptors (Lipinski definition) is 2. The van der Waals surface area contributed by atoms with Crippen LogP contribution in [0.4, 0.5) is 8.78 Å². The van der Waals surface area contributed by atoms with E-state index in [1.165, 1.54) is 11.8 Å². The van der Waals surface area contributed by atoms with Crippen molar-refractivity contribution in [2.45, 2.75) is 4.90 Å². The molecule has 98 valence electrons. The van der Waals surface area contributed by atoms with Crippen molar-refractivity contribution in [3.05, 3.63) is 64.1 Å². The third-order valence-electron chi connectivity index (χ3n) is 2.37. The summed E-state index contributed by atoms with van der Waals surface area (Å²) in [5.74, 6) is -1.63. The Balaban J connectivity index is 2.03. The molecule has 0 unspecified atom stereocenters. The summed E-state index contributed by atoms with van der Waals surface area (Å²) in [6.45, 7) is 0. The Bertz CT molecular complexity index is 579. The molecule has 0 spiro atoms. The van der Waals surface area contributed by atoms with Crippen LogP contribution in [0.2, 0.25) is 0 Å². The molecular formula is C14H9BrF2OS. The zero-order chi connectivity index (χ0) is 13.8. The maximum atomic E-state index is 13.0. The lowest BCUT2D eigenvalue weighted by Crippen LogP contribution is -2.03. The first-order valence-corrected chi connectivity index (χ1v) is 7.20. The van der Waals surface area contributed by atoms with Gasteiger partial charge >= 0.3 is 0 Å². The van der Waals surface area contributed by atoms with Gasteiger partial charge in [0.2, 0.25) is 0 Å². The SMILES string of the molecule is O=C(CSc1ccc(Br)cc1)c1cc(F)cc(F)c1. The van der Waals surface area contributed by atoms with Crippen molar-refractivity contribution in [3.8, 4) is 0 Å². The standard InChI is InChI=1S/C14H9BrF2OS/c15-10-1-3-13(4-2-10)19-8-14(18)9-5-11(16)7-12(17)6-9/h1-7H,8H2. The van der Waals surface area contributed by atoms with Crippen LogP contribution < -0.4 is 0 Å². The number of hydrogen-bond donors (Lipinski definition) is 0. The highest BCUT2D eigenvalue weighted by Gasteiger charge is 2.09. The van der Waals surface area contributed by atoms with Gasteiger partial charge in [0, 0.05) is 21.0 Å². The predicted octanol–water partition coefficient (Wildman–Crippen LogP) is 4.70. The number of halogens is 3. The molecule has 0 N–H and O–H groups in total. The molecule has 0 saturated carbocycles. The lowest BCUT2D eigenvalue weighted by molar-refractivity contribution is 0.102. The molecule has 2 aromatic rings. The van der Waals surface area contributed by atoms with Gasteiger partial charge in [-0.05, 0) is 36.4 Å². The Morgan fingerprint density at radius 1 is 1.05 bits per heavy atom. The van der Waals surface area contributed by atoms with E-state index >= 15 is 0 Å². The Labute approximate surface area is 122 Å². The van der Waals surface area contributed by atoms with Gasteiger partial charge in [-0.15, -0.1) is 11.8 Å². The monoisotopic (exact) mass is 342 g/mol. The van der Waals surface area contributed by atoms with Crippen molar-refractivity contribution in [3.63, 3.8) is 0 Å². The van der Waals surface area contributed by atoms with Crippen molar-refractivity contribution < 1.29 is 13.6 Å². The number of ketones is 1. The molecule has 0 radical (unpaired) electrons. The van der Waals surface area contributed by atoms with E-state index in [1.807, 2.05) is 24.3 Å². The van der Waals surface area contributed by atoms with Crippen LogP contribution in [-0.4, -0.2) is 11.5 Å². The Kier molecular flexibility index (Phi) is 4.71. The maximum Gasteiger partial charge on any atom is 0.173 e. The molecule has 0 aromatic heterocycles. The highest BCUT2D eigenvalue weighted by Crippen LogP contribution is 2.22. The molecule has 0 fully saturated rings. The van der Waals surface area contributed by atoms with Gasteiger partial charge in [0.25, 0.3) is 0 Å². The summed E-state index contributed by atoms with van der Waals surface area (Å²) in [5.41, 5.74) is 0.0575. The number of carbonyl (C=O) groups excluding carboxylic acids is 1.